The molecular formula is C23H23F3NO5S-. The average molecular weight is 483 g/mol. The summed E-state index contributed by atoms with van der Waals surface area (Å²) in [5.41, 5.74) is 2.89. The molecular weight excluding hydrogens is 459 g/mol. The van der Waals surface area contributed by atoms with E-state index in [4.69, 9.17) is 9.47 Å². The molecule has 2 heterocycles. The molecule has 1 saturated heterocycles. The Morgan fingerprint density at radius 2 is 1.85 bits per heavy atom. The maximum Gasteiger partial charge on any atom is 0.425 e. The van der Waals surface area contributed by atoms with Crippen LogP contribution in [0.25, 0.3) is 0 Å². The Labute approximate surface area is 192 Å². The number of alkyl halides is 3. The second kappa shape index (κ2) is 9.44. The first-order chi connectivity index (χ1) is 15.6. The summed E-state index contributed by atoms with van der Waals surface area (Å²) in [7, 11) is 0. The number of halogens is 3. The van der Waals surface area contributed by atoms with Gasteiger partial charge in [0, 0.05) is 31.2 Å². The largest absolute Gasteiger partial charge is 0.768 e. The Kier molecular flexibility index (Phi) is 6.78. The lowest BCUT2D eigenvalue weighted by atomic mass is 9.90. The number of fused-ring (bicyclic) bond motifs is 1. The molecule has 0 bridgehead atoms. The van der Waals surface area contributed by atoms with Gasteiger partial charge in [-0.15, -0.1) is 0 Å². The Morgan fingerprint density at radius 3 is 2.52 bits per heavy atom. The van der Waals surface area contributed by atoms with Gasteiger partial charge in [0.15, 0.2) is 6.10 Å². The van der Waals surface area contributed by atoms with Crippen molar-refractivity contribution >= 4 is 17.0 Å². The summed E-state index contributed by atoms with van der Waals surface area (Å²) in [6.07, 6.45) is -4.94. The lowest BCUT2D eigenvalue weighted by molar-refractivity contribution is -0.189. The summed E-state index contributed by atoms with van der Waals surface area (Å²) in [5, 5.41) is 0. The van der Waals surface area contributed by atoms with E-state index in [1.54, 1.807) is 0 Å². The first-order valence-corrected chi connectivity index (χ1v) is 11.7. The van der Waals surface area contributed by atoms with Gasteiger partial charge in [0.2, 0.25) is 0 Å². The predicted octanol–water partition coefficient (Wildman–Crippen LogP) is 4.30. The Bertz CT molecular complexity index is 1070. The average Bonchev–Trinajstić information content (AvgIpc) is 3.22. The van der Waals surface area contributed by atoms with Crippen molar-refractivity contribution in [1.29, 1.82) is 0 Å². The molecule has 0 saturated carbocycles. The van der Waals surface area contributed by atoms with Gasteiger partial charge in [-0.25, -0.2) is 0 Å². The van der Waals surface area contributed by atoms with Crippen LogP contribution in [0.1, 0.15) is 52.7 Å². The van der Waals surface area contributed by atoms with E-state index in [0.29, 0.717) is 19.1 Å². The van der Waals surface area contributed by atoms with Gasteiger partial charge in [0.1, 0.15) is 5.75 Å². The number of amides is 1. The summed E-state index contributed by atoms with van der Waals surface area (Å²) in [4.78, 5) is 14.6. The summed E-state index contributed by atoms with van der Waals surface area (Å²) in [5.74, 6) is -0.505. The molecule has 1 fully saturated rings. The highest BCUT2D eigenvalue weighted by Crippen LogP contribution is 2.34. The van der Waals surface area contributed by atoms with Crippen LogP contribution in [-0.4, -0.2) is 45.1 Å². The van der Waals surface area contributed by atoms with Crippen LogP contribution in [0.2, 0.25) is 0 Å². The molecule has 1 unspecified atom stereocenters. The van der Waals surface area contributed by atoms with E-state index in [9.17, 15) is 26.7 Å². The molecule has 10 heteroatoms. The van der Waals surface area contributed by atoms with Crippen LogP contribution in [0.5, 0.6) is 5.75 Å². The summed E-state index contributed by atoms with van der Waals surface area (Å²) >= 11 is -2.65. The Hall–Kier alpha value is -2.43. The maximum atomic E-state index is 13.3. The van der Waals surface area contributed by atoms with Crippen LogP contribution in [0.3, 0.4) is 0 Å². The van der Waals surface area contributed by atoms with Crippen molar-refractivity contribution in [2.24, 2.45) is 0 Å². The van der Waals surface area contributed by atoms with Gasteiger partial charge in [0.25, 0.3) is 5.91 Å². The Balaban J connectivity index is 1.58. The smallest absolute Gasteiger partial charge is 0.425 e. The molecule has 2 aliphatic rings. The van der Waals surface area contributed by atoms with Gasteiger partial charge < -0.3 is 18.9 Å². The van der Waals surface area contributed by atoms with Gasteiger partial charge in [-0.1, -0.05) is 18.2 Å². The topological polar surface area (TPSA) is 78.9 Å². The van der Waals surface area contributed by atoms with E-state index in [0.717, 1.165) is 49.1 Å². The molecule has 4 rings (SSSR count). The molecule has 6 nitrogen and oxygen atoms in total. The van der Waals surface area contributed by atoms with Crippen molar-refractivity contribution in [3.8, 4) is 5.75 Å². The number of carbonyl (C=O) groups is 1. The molecule has 33 heavy (non-hydrogen) atoms. The number of nitrogens with zero attached hydrogens (tertiary/aromatic N) is 1. The van der Waals surface area contributed by atoms with Crippen LogP contribution in [-0.2, 0) is 28.9 Å². The van der Waals surface area contributed by atoms with Gasteiger partial charge >= 0.3 is 6.18 Å². The van der Waals surface area contributed by atoms with Crippen molar-refractivity contribution in [3.05, 3.63) is 58.7 Å². The SMILES string of the molecule is C[C@H](Oc1ccc(S(=O)[O-])cc1C(=O)N1Cc2ccc(C3CCOCC3)cc2C1)C(F)(F)F. The Morgan fingerprint density at radius 1 is 1.15 bits per heavy atom. The van der Waals surface area contributed by atoms with Crippen LogP contribution >= 0.6 is 0 Å². The minimum Gasteiger partial charge on any atom is -0.768 e. The van der Waals surface area contributed by atoms with Crippen molar-refractivity contribution in [1.82, 2.24) is 4.90 Å². The standard InChI is InChI=1S/C23H24F3NO5S/c1-14(23(24,25)26)32-21-5-4-19(33(29)30)11-20(21)22(28)27-12-17-3-2-16(10-18(17)13-27)15-6-8-31-9-7-15/h2-5,10-11,14-15H,6-9,12-13H2,1H3,(H,29,30)/p-1/t14-/m0/s1. The minimum atomic E-state index is -4.63. The number of ether oxygens (including phenoxy) is 2. The number of carbonyl (C=O) groups excluding carboxylic acids is 1. The number of hydrogen-bond donors (Lipinski definition) is 0. The monoisotopic (exact) mass is 482 g/mol. The maximum absolute atomic E-state index is 13.3. The first-order valence-electron chi connectivity index (χ1n) is 10.6. The predicted molar refractivity (Wildman–Crippen MR) is 113 cm³/mol. The molecule has 2 aromatic carbocycles. The van der Waals surface area contributed by atoms with E-state index in [1.807, 2.05) is 12.1 Å². The lowest BCUT2D eigenvalue weighted by Crippen LogP contribution is -2.32. The zero-order valence-electron chi connectivity index (χ0n) is 17.9. The second-order valence-electron chi connectivity index (χ2n) is 8.27. The van der Waals surface area contributed by atoms with Crippen molar-refractivity contribution in [2.75, 3.05) is 13.2 Å². The third-order valence-electron chi connectivity index (χ3n) is 6.07. The highest BCUT2D eigenvalue weighted by Gasteiger charge is 2.39. The zero-order chi connectivity index (χ0) is 23.8. The molecule has 2 atom stereocenters. The fourth-order valence-electron chi connectivity index (χ4n) is 4.15. The van der Waals surface area contributed by atoms with Gasteiger partial charge in [-0.05, 0) is 71.7 Å². The van der Waals surface area contributed by atoms with Gasteiger partial charge in [-0.2, -0.15) is 13.2 Å². The van der Waals surface area contributed by atoms with E-state index in [-0.39, 0.29) is 29.3 Å². The minimum absolute atomic E-state index is 0.205. The normalized spacial score (nSPS) is 18.6. The fourth-order valence-corrected chi connectivity index (χ4v) is 4.55. The molecule has 2 aromatic rings. The number of rotatable bonds is 5. The number of benzene rings is 2. The highest BCUT2D eigenvalue weighted by molar-refractivity contribution is 7.79. The van der Waals surface area contributed by atoms with Gasteiger partial charge in [0.05, 0.1) is 5.56 Å². The zero-order valence-corrected chi connectivity index (χ0v) is 18.7. The van der Waals surface area contributed by atoms with E-state index in [2.05, 4.69) is 6.07 Å². The summed E-state index contributed by atoms with van der Waals surface area (Å²) in [6, 6.07) is 9.35. The molecule has 178 valence electrons. The molecule has 2 aliphatic heterocycles. The molecule has 0 spiro atoms. The van der Waals surface area contributed by atoms with Crippen LogP contribution in [0.15, 0.2) is 41.3 Å². The summed E-state index contributed by atoms with van der Waals surface area (Å²) in [6.45, 7) is 2.81. The summed E-state index contributed by atoms with van der Waals surface area (Å²) < 4.78 is 72.3. The first kappa shape index (κ1) is 23.7. The highest BCUT2D eigenvalue weighted by atomic mass is 32.2. The molecule has 0 aromatic heterocycles. The van der Waals surface area contributed by atoms with Crippen molar-refractivity contribution < 1.29 is 36.2 Å². The third kappa shape index (κ3) is 5.23. The molecule has 0 aliphatic carbocycles. The van der Waals surface area contributed by atoms with Crippen molar-refractivity contribution in [3.63, 3.8) is 0 Å². The lowest BCUT2D eigenvalue weighted by Gasteiger charge is -2.23. The van der Waals surface area contributed by atoms with E-state index in [1.165, 1.54) is 10.5 Å². The van der Waals surface area contributed by atoms with Crippen molar-refractivity contribution in [2.45, 2.75) is 55.9 Å². The fraction of sp³-hybridized carbons (Fsp3) is 0.435. The number of hydrogen-bond acceptors (Lipinski definition) is 5. The quantitative estimate of drug-likeness (QED) is 0.594. The van der Waals surface area contributed by atoms with Crippen LogP contribution in [0, 0.1) is 0 Å². The molecule has 1 amide bonds. The van der Waals surface area contributed by atoms with E-state index >= 15 is 0 Å². The van der Waals surface area contributed by atoms with Gasteiger partial charge in [-0.3, -0.25) is 9.00 Å². The van der Waals surface area contributed by atoms with E-state index < -0.39 is 29.3 Å². The molecule has 0 N–H and O–H groups in total. The van der Waals surface area contributed by atoms with Crippen LogP contribution in [0.4, 0.5) is 13.2 Å². The second-order valence-corrected chi connectivity index (χ2v) is 9.21. The van der Waals surface area contributed by atoms with Crippen LogP contribution < -0.4 is 4.74 Å². The molecule has 0 radical (unpaired) electrons. The third-order valence-corrected chi connectivity index (χ3v) is 6.71.